The minimum atomic E-state index is -3.93. The Balaban J connectivity index is 0. The van der Waals surface area contributed by atoms with Crippen LogP contribution in [-0.4, -0.2) is 92.0 Å². The van der Waals surface area contributed by atoms with Crippen LogP contribution in [0.15, 0.2) is 0 Å². The van der Waals surface area contributed by atoms with Gasteiger partial charge in [0.2, 0.25) is 0 Å². The van der Waals surface area contributed by atoms with Crippen molar-refractivity contribution < 1.29 is 61.0 Å². The number of hydrogen-bond acceptors (Lipinski definition) is 7. The Kier molecular flexibility index (Phi) is 11.1. The third kappa shape index (κ3) is 11.4. The van der Waals surface area contributed by atoms with Crippen molar-refractivity contribution in [1.82, 2.24) is 9.80 Å². The van der Waals surface area contributed by atoms with E-state index in [9.17, 15) is 16.8 Å². The first-order valence-electron chi connectivity index (χ1n) is 5.51. The molecular formula is C8H19N2NaO7S2. The Hall–Kier alpha value is 0.700. The molecular weight excluding hydrogens is 323 g/mol. The Bertz CT molecular complexity index is 415. The van der Waals surface area contributed by atoms with Crippen LogP contribution in [0.3, 0.4) is 0 Å². The van der Waals surface area contributed by atoms with Crippen molar-refractivity contribution in [1.29, 1.82) is 0 Å². The van der Waals surface area contributed by atoms with E-state index < -0.39 is 20.2 Å². The molecule has 20 heavy (non-hydrogen) atoms. The van der Waals surface area contributed by atoms with Crippen LogP contribution < -0.4 is 29.6 Å². The summed E-state index contributed by atoms with van der Waals surface area (Å²) in [5.74, 6) is -0.587. The first kappa shape index (κ1) is 23.0. The van der Waals surface area contributed by atoms with Crippen molar-refractivity contribution >= 4 is 20.2 Å². The van der Waals surface area contributed by atoms with E-state index in [1.807, 2.05) is 9.80 Å². The molecule has 0 unspecified atom stereocenters. The number of nitrogens with zero attached hydrogens (tertiary/aromatic N) is 2. The van der Waals surface area contributed by atoms with Gasteiger partial charge in [-0.2, -0.15) is 16.8 Å². The first-order chi connectivity index (χ1) is 8.16. The fraction of sp³-hybridized carbons (Fsp3) is 1.00. The molecule has 0 aromatic carbocycles. The van der Waals surface area contributed by atoms with Crippen LogP contribution in [0.5, 0.6) is 0 Å². The minimum absolute atomic E-state index is 0. The third-order valence-corrected chi connectivity index (χ3v) is 4.19. The second-order valence-corrected chi connectivity index (χ2v) is 7.40. The average molecular weight is 342 g/mol. The smallest absolute Gasteiger partial charge is 0.870 e. The van der Waals surface area contributed by atoms with Gasteiger partial charge in [-0.1, -0.05) is 0 Å². The molecule has 12 heteroatoms. The molecule has 0 spiro atoms. The maximum absolute atomic E-state index is 10.6. The molecule has 0 aromatic rings. The molecule has 0 aromatic heterocycles. The number of hydrogen-bond donors (Lipinski definition) is 2. The number of piperazine rings is 1. The van der Waals surface area contributed by atoms with Crippen LogP contribution in [-0.2, 0) is 20.2 Å². The number of rotatable bonds is 6. The largest absolute Gasteiger partial charge is 1.00 e. The molecule has 9 nitrogen and oxygen atoms in total. The molecule has 0 atom stereocenters. The quantitative estimate of drug-likeness (QED) is 0.359. The van der Waals surface area contributed by atoms with Gasteiger partial charge < -0.3 is 5.48 Å². The molecule has 1 aliphatic heterocycles. The fourth-order valence-electron chi connectivity index (χ4n) is 1.73. The van der Waals surface area contributed by atoms with Crippen molar-refractivity contribution in [3.05, 3.63) is 0 Å². The van der Waals surface area contributed by atoms with Crippen LogP contribution in [0.4, 0.5) is 0 Å². The van der Waals surface area contributed by atoms with E-state index in [-0.39, 0.29) is 59.6 Å². The summed E-state index contributed by atoms with van der Waals surface area (Å²) in [6.07, 6.45) is 0. The summed E-state index contributed by atoms with van der Waals surface area (Å²) in [7, 11) is -7.87. The third-order valence-electron chi connectivity index (χ3n) is 2.80. The van der Waals surface area contributed by atoms with Gasteiger partial charge in [0.1, 0.15) is 0 Å². The van der Waals surface area contributed by atoms with Crippen molar-refractivity contribution in [2.24, 2.45) is 0 Å². The topological polar surface area (TPSA) is 145 Å². The van der Waals surface area contributed by atoms with Crippen LogP contribution >= 0.6 is 0 Å². The van der Waals surface area contributed by atoms with Crippen LogP contribution in [0.25, 0.3) is 0 Å². The molecule has 0 radical (unpaired) electrons. The van der Waals surface area contributed by atoms with Crippen LogP contribution in [0, 0.1) is 0 Å². The predicted molar refractivity (Wildman–Crippen MR) is 67.6 cm³/mol. The molecule has 1 heterocycles. The van der Waals surface area contributed by atoms with Gasteiger partial charge in [0.15, 0.2) is 0 Å². The predicted octanol–water partition coefficient (Wildman–Crippen LogP) is -4.79. The molecule has 0 bridgehead atoms. The van der Waals surface area contributed by atoms with Gasteiger partial charge in [-0.3, -0.25) is 18.9 Å². The summed E-state index contributed by atoms with van der Waals surface area (Å²) < 4.78 is 59.5. The first-order valence-corrected chi connectivity index (χ1v) is 8.72. The summed E-state index contributed by atoms with van der Waals surface area (Å²) >= 11 is 0. The summed E-state index contributed by atoms with van der Waals surface area (Å²) in [4.78, 5) is 3.77. The zero-order chi connectivity index (χ0) is 13.8. The maximum atomic E-state index is 10.6. The van der Waals surface area contributed by atoms with E-state index in [1.165, 1.54) is 0 Å². The Labute approximate surface area is 141 Å². The van der Waals surface area contributed by atoms with Gasteiger partial charge in [-0.15, -0.1) is 0 Å². The monoisotopic (exact) mass is 342 g/mol. The van der Waals surface area contributed by atoms with Crippen molar-refractivity contribution in [3.63, 3.8) is 0 Å². The van der Waals surface area contributed by atoms with Gasteiger partial charge in [-0.25, -0.2) is 0 Å². The molecule has 1 saturated heterocycles. The molecule has 1 rings (SSSR count). The maximum Gasteiger partial charge on any atom is 1.00 e. The van der Waals surface area contributed by atoms with Crippen LogP contribution in [0.2, 0.25) is 0 Å². The Morgan fingerprint density at radius 1 is 0.750 bits per heavy atom. The van der Waals surface area contributed by atoms with E-state index >= 15 is 0 Å². The Morgan fingerprint density at radius 2 is 1.00 bits per heavy atom. The van der Waals surface area contributed by atoms with E-state index in [2.05, 4.69) is 0 Å². The van der Waals surface area contributed by atoms with Gasteiger partial charge in [0, 0.05) is 39.3 Å². The standard InChI is InChI=1S/C8H18N2O6S2.Na.H2O/c11-17(12,13)7-5-9-1-2-10(4-3-9)6-8-18(14,15)16;;/h1-8H2,(H,11,12,13)(H,14,15,16);;1H2/q;+1;/p-1. The molecule has 3 N–H and O–H groups in total. The normalized spacial score (nSPS) is 18.1. The molecule has 0 aliphatic carbocycles. The summed E-state index contributed by atoms with van der Waals surface area (Å²) in [6, 6.07) is 0. The zero-order valence-corrected chi connectivity index (χ0v) is 15.0. The van der Waals surface area contributed by atoms with E-state index in [0.29, 0.717) is 26.2 Å². The van der Waals surface area contributed by atoms with E-state index in [4.69, 9.17) is 9.11 Å². The van der Waals surface area contributed by atoms with Gasteiger partial charge >= 0.3 is 29.6 Å². The molecule has 1 fully saturated rings. The SMILES string of the molecule is O=S(=O)(O)CCN1CCN(CCS(=O)(=O)O)CC1.[Na+].[OH-]. The Morgan fingerprint density at radius 3 is 1.20 bits per heavy atom. The summed E-state index contributed by atoms with van der Waals surface area (Å²) in [6.45, 7) is 2.99. The summed E-state index contributed by atoms with van der Waals surface area (Å²) in [5.41, 5.74) is 0. The second-order valence-electron chi connectivity index (χ2n) is 4.26. The van der Waals surface area contributed by atoms with Crippen molar-refractivity contribution in [3.8, 4) is 0 Å². The second kappa shape index (κ2) is 9.66. The zero-order valence-electron chi connectivity index (χ0n) is 11.3. The molecule has 0 saturated carbocycles. The minimum Gasteiger partial charge on any atom is -0.870 e. The molecule has 116 valence electrons. The average Bonchev–Trinajstić information content (AvgIpc) is 2.23. The van der Waals surface area contributed by atoms with E-state index in [1.54, 1.807) is 0 Å². The van der Waals surface area contributed by atoms with Crippen molar-refractivity contribution in [2.45, 2.75) is 0 Å². The van der Waals surface area contributed by atoms with Gasteiger partial charge in [-0.05, 0) is 0 Å². The van der Waals surface area contributed by atoms with Crippen molar-refractivity contribution in [2.75, 3.05) is 50.8 Å². The molecule has 1 aliphatic rings. The molecule has 0 amide bonds. The van der Waals surface area contributed by atoms with Gasteiger partial charge in [0.25, 0.3) is 20.2 Å². The van der Waals surface area contributed by atoms with Gasteiger partial charge in [0.05, 0.1) is 11.5 Å². The van der Waals surface area contributed by atoms with Crippen LogP contribution in [0.1, 0.15) is 0 Å². The van der Waals surface area contributed by atoms with E-state index in [0.717, 1.165) is 0 Å². The summed E-state index contributed by atoms with van der Waals surface area (Å²) in [5, 5.41) is 0. The fourth-order valence-corrected chi connectivity index (χ4v) is 2.70.